The van der Waals surface area contributed by atoms with Crippen LogP contribution in [-0.2, 0) is 4.74 Å². The van der Waals surface area contributed by atoms with Crippen LogP contribution in [-0.4, -0.2) is 12.7 Å². The minimum absolute atomic E-state index is 0.503. The summed E-state index contributed by atoms with van der Waals surface area (Å²) in [4.78, 5) is 10.6. The molecule has 1 aliphatic heterocycles. The van der Waals surface area contributed by atoms with Gasteiger partial charge in [-0.05, 0) is 0 Å². The molecule has 0 unspecified atom stereocenters. The van der Waals surface area contributed by atoms with E-state index in [-0.39, 0.29) is 0 Å². The van der Waals surface area contributed by atoms with E-state index in [0.29, 0.717) is 0 Å². The molecule has 1 aromatic carbocycles. The molecule has 8 heteroatoms. The molecular weight excluding hydrogens is 249 g/mol. The van der Waals surface area contributed by atoms with Crippen molar-refractivity contribution in [3.05, 3.63) is 34.6 Å². The number of amides is 1. The molecule has 0 aliphatic carbocycles. The van der Waals surface area contributed by atoms with Gasteiger partial charge in [-0.25, -0.2) is 26.7 Å². The zero-order valence-electron chi connectivity index (χ0n) is 7.99. The molecule has 1 N–H and O–H groups in total. The van der Waals surface area contributed by atoms with E-state index in [2.05, 4.69) is 4.74 Å². The second-order valence-electron chi connectivity index (χ2n) is 3.28. The summed E-state index contributed by atoms with van der Waals surface area (Å²) in [5.74, 6) is -10.3. The van der Waals surface area contributed by atoms with Crippen molar-refractivity contribution in [3.8, 4) is 0 Å². The number of carbonyl (C=O) groups is 1. The van der Waals surface area contributed by atoms with Crippen molar-refractivity contribution < 1.29 is 31.5 Å². The summed E-state index contributed by atoms with van der Waals surface area (Å²) in [6.45, 7) is -0.503. The van der Waals surface area contributed by atoms with E-state index in [1.807, 2.05) is 5.32 Å². The summed E-state index contributed by atoms with van der Waals surface area (Å²) in [7, 11) is 0. The second kappa shape index (κ2) is 3.86. The van der Waals surface area contributed by atoms with E-state index in [0.717, 1.165) is 0 Å². The average Bonchev–Trinajstić information content (AvgIpc) is 2.71. The van der Waals surface area contributed by atoms with Crippen molar-refractivity contribution >= 4 is 6.09 Å². The quantitative estimate of drug-likeness (QED) is 0.473. The minimum atomic E-state index is -2.24. The Kier molecular flexibility index (Phi) is 2.64. The molecule has 2 rings (SSSR count). The lowest BCUT2D eigenvalue weighted by Crippen LogP contribution is -2.22. The van der Waals surface area contributed by atoms with Crippen molar-refractivity contribution in [3.63, 3.8) is 0 Å². The first kappa shape index (κ1) is 11.6. The number of hydrogen-bond donors (Lipinski definition) is 1. The van der Waals surface area contributed by atoms with Crippen molar-refractivity contribution in [2.24, 2.45) is 0 Å². The topological polar surface area (TPSA) is 38.3 Å². The molecule has 0 aromatic heterocycles. The summed E-state index contributed by atoms with van der Waals surface area (Å²) in [6, 6.07) is -1.40. The molecule has 92 valence electrons. The third kappa shape index (κ3) is 1.69. The van der Waals surface area contributed by atoms with Gasteiger partial charge in [0.1, 0.15) is 6.61 Å². The Hall–Kier alpha value is -1.86. The fourth-order valence-electron chi connectivity index (χ4n) is 1.47. The number of halogens is 5. The maximum atomic E-state index is 13.3. The van der Waals surface area contributed by atoms with Gasteiger partial charge >= 0.3 is 6.09 Å². The summed E-state index contributed by atoms with van der Waals surface area (Å²) < 4.78 is 69.2. The molecule has 1 aliphatic rings. The first-order chi connectivity index (χ1) is 7.93. The lowest BCUT2D eigenvalue weighted by Gasteiger charge is -2.12. The summed E-state index contributed by atoms with van der Waals surface area (Å²) >= 11 is 0. The maximum absolute atomic E-state index is 13.3. The highest BCUT2D eigenvalue weighted by molar-refractivity contribution is 5.70. The Morgan fingerprint density at radius 3 is 1.82 bits per heavy atom. The number of ether oxygens (including phenoxy) is 1. The number of hydrogen-bond acceptors (Lipinski definition) is 2. The van der Waals surface area contributed by atoms with Crippen LogP contribution in [0.15, 0.2) is 0 Å². The summed E-state index contributed by atoms with van der Waals surface area (Å²) in [5, 5.41) is 1.93. The first-order valence-corrected chi connectivity index (χ1v) is 4.38. The van der Waals surface area contributed by atoms with Crippen molar-refractivity contribution in [1.29, 1.82) is 0 Å². The molecule has 17 heavy (non-hydrogen) atoms. The Balaban J connectivity index is 2.57. The van der Waals surface area contributed by atoms with Gasteiger partial charge in [0.25, 0.3) is 0 Å². The van der Waals surface area contributed by atoms with E-state index >= 15 is 0 Å². The zero-order valence-corrected chi connectivity index (χ0v) is 7.99. The van der Waals surface area contributed by atoms with Crippen molar-refractivity contribution in [2.45, 2.75) is 6.04 Å². The highest BCUT2D eigenvalue weighted by Gasteiger charge is 2.34. The van der Waals surface area contributed by atoms with E-state index in [4.69, 9.17) is 0 Å². The molecule has 0 saturated carbocycles. The van der Waals surface area contributed by atoms with Gasteiger partial charge in [0, 0.05) is 0 Å². The largest absolute Gasteiger partial charge is 0.447 e. The highest BCUT2D eigenvalue weighted by Crippen LogP contribution is 2.29. The summed E-state index contributed by atoms with van der Waals surface area (Å²) in [6.07, 6.45) is -0.987. The van der Waals surface area contributed by atoms with Crippen LogP contribution in [0.5, 0.6) is 0 Å². The van der Waals surface area contributed by atoms with Crippen LogP contribution >= 0.6 is 0 Å². The standard InChI is InChI=1S/C9H4F5NO2/c10-4-3(2-1-17-9(16)15-2)5(11)7(13)8(14)6(4)12/h2H,1H2,(H,15,16)/t2-/m0/s1. The summed E-state index contributed by atoms with van der Waals surface area (Å²) in [5.41, 5.74) is -1.10. The molecular formula is C9H4F5NO2. The third-order valence-electron chi connectivity index (χ3n) is 2.27. The fourth-order valence-corrected chi connectivity index (χ4v) is 1.47. The Morgan fingerprint density at radius 1 is 0.941 bits per heavy atom. The highest BCUT2D eigenvalue weighted by atomic mass is 19.2. The second-order valence-corrected chi connectivity index (χ2v) is 3.28. The fraction of sp³-hybridized carbons (Fsp3) is 0.222. The SMILES string of the molecule is O=C1N[C@H](c2c(F)c(F)c(F)c(F)c2F)CO1. The lowest BCUT2D eigenvalue weighted by atomic mass is 10.1. The molecule has 0 spiro atoms. The van der Waals surface area contributed by atoms with Crippen molar-refractivity contribution in [1.82, 2.24) is 5.32 Å². The Bertz CT molecular complexity index is 476. The third-order valence-corrected chi connectivity index (χ3v) is 2.27. The number of alkyl carbamates (subject to hydrolysis) is 1. The van der Waals surface area contributed by atoms with Gasteiger partial charge in [0.2, 0.25) is 5.82 Å². The first-order valence-electron chi connectivity index (χ1n) is 4.38. The monoisotopic (exact) mass is 253 g/mol. The smallest absolute Gasteiger partial charge is 0.407 e. The van der Waals surface area contributed by atoms with E-state index in [9.17, 15) is 26.7 Å². The minimum Gasteiger partial charge on any atom is -0.447 e. The molecule has 1 heterocycles. The molecule has 0 bridgehead atoms. The normalized spacial score (nSPS) is 19.1. The van der Waals surface area contributed by atoms with Gasteiger partial charge in [-0.2, -0.15) is 0 Å². The molecule has 0 radical (unpaired) electrons. The molecule has 1 fully saturated rings. The van der Waals surface area contributed by atoms with E-state index < -0.39 is 53.4 Å². The van der Waals surface area contributed by atoms with Crippen LogP contribution in [0.2, 0.25) is 0 Å². The van der Waals surface area contributed by atoms with E-state index in [1.165, 1.54) is 0 Å². The predicted octanol–water partition coefficient (Wildman–Crippen LogP) is 2.16. The van der Waals surface area contributed by atoms with Crippen LogP contribution in [0.3, 0.4) is 0 Å². The van der Waals surface area contributed by atoms with Crippen molar-refractivity contribution in [2.75, 3.05) is 6.61 Å². The van der Waals surface area contributed by atoms with Crippen LogP contribution < -0.4 is 5.32 Å². The molecule has 1 aromatic rings. The van der Waals surface area contributed by atoms with Gasteiger partial charge in [-0.3, -0.25) is 0 Å². The van der Waals surface area contributed by atoms with Gasteiger partial charge in [-0.15, -0.1) is 0 Å². The maximum Gasteiger partial charge on any atom is 0.407 e. The number of rotatable bonds is 1. The Morgan fingerprint density at radius 2 is 1.41 bits per heavy atom. The number of nitrogens with one attached hydrogen (secondary N) is 1. The number of benzene rings is 1. The van der Waals surface area contributed by atoms with Gasteiger partial charge in [0.05, 0.1) is 11.6 Å². The van der Waals surface area contributed by atoms with Crippen LogP contribution in [0.4, 0.5) is 26.7 Å². The van der Waals surface area contributed by atoms with E-state index in [1.54, 1.807) is 0 Å². The number of carbonyl (C=O) groups excluding carboxylic acids is 1. The predicted molar refractivity (Wildman–Crippen MR) is 43.5 cm³/mol. The molecule has 1 amide bonds. The zero-order chi connectivity index (χ0) is 12.7. The molecule has 3 nitrogen and oxygen atoms in total. The van der Waals surface area contributed by atoms with Crippen LogP contribution in [0.1, 0.15) is 11.6 Å². The van der Waals surface area contributed by atoms with Gasteiger partial charge in [0.15, 0.2) is 23.3 Å². The Labute approximate surface area is 91.2 Å². The van der Waals surface area contributed by atoms with Gasteiger partial charge in [-0.1, -0.05) is 0 Å². The molecule has 1 saturated heterocycles. The number of cyclic esters (lactones) is 1. The van der Waals surface area contributed by atoms with Crippen LogP contribution in [0, 0.1) is 29.1 Å². The molecule has 1 atom stereocenters. The lowest BCUT2D eigenvalue weighted by molar-refractivity contribution is 0.176. The van der Waals surface area contributed by atoms with Crippen LogP contribution in [0.25, 0.3) is 0 Å². The van der Waals surface area contributed by atoms with Gasteiger partial charge < -0.3 is 10.1 Å². The average molecular weight is 253 g/mol.